The second kappa shape index (κ2) is 6.38. The van der Waals surface area contributed by atoms with Crippen LogP contribution in [0.15, 0.2) is 0 Å². The first-order chi connectivity index (χ1) is 7.60. The summed E-state index contributed by atoms with van der Waals surface area (Å²) in [5.74, 6) is -1.88. The minimum absolute atomic E-state index is 0.960. The molecule has 0 unspecified atom stereocenters. The van der Waals surface area contributed by atoms with E-state index in [0.29, 0.717) is 0 Å². The first kappa shape index (κ1) is 16.4. The van der Waals surface area contributed by atoms with Gasteiger partial charge in [0.2, 0.25) is 0 Å². The molecule has 0 rings (SSSR count). The summed E-state index contributed by atoms with van der Waals surface area (Å²) in [6.45, 7) is -0.960. The molecule has 0 aromatic heterocycles. The first-order valence-corrected chi connectivity index (χ1v) is 5.75. The van der Waals surface area contributed by atoms with Crippen LogP contribution in [0.2, 0.25) is 0 Å². The number of hydrogen-bond acceptors (Lipinski definition) is 8. The van der Waals surface area contributed by atoms with Crippen LogP contribution >= 0.6 is 7.82 Å². The molecule has 0 radical (unpaired) electrons. The standard InChI is InChI=1S/C6H13O10P/c7-1-2(8)3(9)4(10)5(11)6(12)16-17(13,14)15/h2-5,7-11H,1H2,(H2,13,14,15)/t2-,3+,4-,5+/m0/s1. The lowest BCUT2D eigenvalue weighted by atomic mass is 10.0. The molecule has 0 spiro atoms. The highest BCUT2D eigenvalue weighted by atomic mass is 31.2. The number of aliphatic hydroxyl groups excluding tert-OH is 5. The molecule has 10 nitrogen and oxygen atoms in total. The van der Waals surface area contributed by atoms with Crippen LogP contribution in [0, 0.1) is 0 Å². The van der Waals surface area contributed by atoms with Crippen molar-refractivity contribution in [3.63, 3.8) is 0 Å². The van der Waals surface area contributed by atoms with Gasteiger partial charge in [-0.2, -0.15) is 0 Å². The Hall–Kier alpha value is -0.580. The highest BCUT2D eigenvalue weighted by molar-refractivity contribution is 7.46. The predicted octanol–water partition coefficient (Wildman–Crippen LogP) is -3.94. The van der Waals surface area contributed by atoms with Crippen LogP contribution in [0.1, 0.15) is 0 Å². The maximum atomic E-state index is 10.8. The number of carbonyl (C=O) groups is 1. The Balaban J connectivity index is 4.54. The number of aliphatic hydroxyl groups is 5. The summed E-state index contributed by atoms with van der Waals surface area (Å²) in [7, 11) is -5.19. The van der Waals surface area contributed by atoms with E-state index in [1.807, 2.05) is 0 Å². The van der Waals surface area contributed by atoms with Crippen LogP contribution in [0.4, 0.5) is 0 Å². The number of hydrogen-bond donors (Lipinski definition) is 7. The van der Waals surface area contributed by atoms with Gasteiger partial charge in [-0.15, -0.1) is 0 Å². The van der Waals surface area contributed by atoms with Gasteiger partial charge in [0.15, 0.2) is 6.10 Å². The summed E-state index contributed by atoms with van der Waals surface area (Å²) in [4.78, 5) is 27.3. The fourth-order valence-electron chi connectivity index (χ4n) is 0.833. The average molecular weight is 276 g/mol. The Kier molecular flexibility index (Phi) is 6.16. The summed E-state index contributed by atoms with van der Waals surface area (Å²) >= 11 is 0. The third kappa shape index (κ3) is 5.52. The van der Waals surface area contributed by atoms with Crippen molar-refractivity contribution >= 4 is 13.8 Å². The molecule has 0 amide bonds. The molecule has 0 aliphatic carbocycles. The van der Waals surface area contributed by atoms with Gasteiger partial charge in [-0.3, -0.25) is 9.79 Å². The van der Waals surface area contributed by atoms with Crippen LogP contribution in [0.25, 0.3) is 0 Å². The van der Waals surface area contributed by atoms with Crippen LogP contribution in [-0.4, -0.2) is 72.3 Å². The van der Waals surface area contributed by atoms with E-state index in [4.69, 9.17) is 35.3 Å². The van der Waals surface area contributed by atoms with Crippen molar-refractivity contribution < 1.29 is 49.2 Å². The van der Waals surface area contributed by atoms with Crippen LogP contribution in [0.3, 0.4) is 0 Å². The zero-order valence-electron chi connectivity index (χ0n) is 8.32. The van der Waals surface area contributed by atoms with E-state index >= 15 is 0 Å². The molecule has 102 valence electrons. The molecule has 0 aromatic carbocycles. The van der Waals surface area contributed by atoms with Gasteiger partial charge < -0.3 is 30.1 Å². The molecule has 17 heavy (non-hydrogen) atoms. The fourth-order valence-corrected chi connectivity index (χ4v) is 1.18. The molecular weight excluding hydrogens is 263 g/mol. The van der Waals surface area contributed by atoms with E-state index in [0.717, 1.165) is 0 Å². The van der Waals surface area contributed by atoms with Crippen molar-refractivity contribution in [2.75, 3.05) is 6.61 Å². The topological polar surface area (TPSA) is 185 Å². The monoisotopic (exact) mass is 276 g/mol. The minimum Gasteiger partial charge on any atom is -0.394 e. The highest BCUT2D eigenvalue weighted by Crippen LogP contribution is 2.36. The quantitative estimate of drug-likeness (QED) is 0.236. The van der Waals surface area contributed by atoms with Gasteiger partial charge in [0.05, 0.1) is 6.61 Å². The molecule has 0 heterocycles. The van der Waals surface area contributed by atoms with Crippen molar-refractivity contribution in [1.29, 1.82) is 0 Å². The maximum absolute atomic E-state index is 10.8. The summed E-state index contributed by atoms with van der Waals surface area (Å²) in [5.41, 5.74) is 0. The van der Waals surface area contributed by atoms with E-state index in [-0.39, 0.29) is 0 Å². The Morgan fingerprint density at radius 3 is 1.94 bits per heavy atom. The molecule has 7 N–H and O–H groups in total. The van der Waals surface area contributed by atoms with E-state index in [2.05, 4.69) is 4.52 Å². The van der Waals surface area contributed by atoms with Crippen molar-refractivity contribution in [2.24, 2.45) is 0 Å². The van der Waals surface area contributed by atoms with Gasteiger partial charge in [-0.25, -0.2) is 9.36 Å². The third-order valence-corrected chi connectivity index (χ3v) is 2.12. The zero-order valence-corrected chi connectivity index (χ0v) is 9.21. The molecule has 0 fully saturated rings. The van der Waals surface area contributed by atoms with Crippen LogP contribution in [-0.2, 0) is 13.9 Å². The summed E-state index contributed by atoms with van der Waals surface area (Å²) < 4.78 is 13.7. The Labute approximate surface area is 94.9 Å². The van der Waals surface area contributed by atoms with Gasteiger partial charge in [0.1, 0.15) is 18.3 Å². The number of carbonyl (C=O) groups excluding carboxylic acids is 1. The van der Waals surface area contributed by atoms with Gasteiger partial charge in [0, 0.05) is 0 Å². The van der Waals surface area contributed by atoms with Gasteiger partial charge in [-0.1, -0.05) is 0 Å². The van der Waals surface area contributed by atoms with Crippen molar-refractivity contribution in [1.82, 2.24) is 0 Å². The number of phosphoric ester groups is 1. The lowest BCUT2D eigenvalue weighted by Crippen LogP contribution is -2.48. The summed E-state index contributed by atoms with van der Waals surface area (Å²) in [6.07, 6.45) is -8.71. The summed E-state index contributed by atoms with van der Waals surface area (Å²) in [6, 6.07) is 0. The van der Waals surface area contributed by atoms with Crippen molar-refractivity contribution in [3.8, 4) is 0 Å². The van der Waals surface area contributed by atoms with E-state index in [1.165, 1.54) is 0 Å². The highest BCUT2D eigenvalue weighted by Gasteiger charge is 2.37. The Morgan fingerprint density at radius 2 is 1.59 bits per heavy atom. The SMILES string of the molecule is O=C(OP(=O)(O)O)[C@H](O)[C@@H](O)[C@H](O)[C@@H](O)CO. The van der Waals surface area contributed by atoms with Gasteiger partial charge >= 0.3 is 13.8 Å². The number of rotatable bonds is 6. The second-order valence-electron chi connectivity index (χ2n) is 3.08. The van der Waals surface area contributed by atoms with Crippen LogP contribution < -0.4 is 0 Å². The van der Waals surface area contributed by atoms with E-state index < -0.39 is 44.8 Å². The van der Waals surface area contributed by atoms with Crippen LogP contribution in [0.5, 0.6) is 0 Å². The van der Waals surface area contributed by atoms with E-state index in [9.17, 15) is 9.36 Å². The molecule has 0 aromatic rings. The van der Waals surface area contributed by atoms with Gasteiger partial charge in [-0.05, 0) is 0 Å². The Morgan fingerprint density at radius 1 is 1.12 bits per heavy atom. The molecule has 4 atom stereocenters. The predicted molar refractivity (Wildman–Crippen MR) is 49.2 cm³/mol. The second-order valence-corrected chi connectivity index (χ2v) is 4.24. The molecular formula is C6H13O10P. The van der Waals surface area contributed by atoms with Crippen molar-refractivity contribution in [2.45, 2.75) is 24.4 Å². The molecule has 0 aliphatic heterocycles. The smallest absolute Gasteiger partial charge is 0.394 e. The molecule has 0 aliphatic rings. The Bertz CT molecular complexity index is 299. The largest absolute Gasteiger partial charge is 0.527 e. The zero-order chi connectivity index (χ0) is 13.8. The lowest BCUT2D eigenvalue weighted by Gasteiger charge is -2.24. The van der Waals surface area contributed by atoms with Crippen molar-refractivity contribution in [3.05, 3.63) is 0 Å². The minimum atomic E-state index is -5.19. The third-order valence-electron chi connectivity index (χ3n) is 1.71. The normalized spacial score (nSPS) is 19.2. The maximum Gasteiger partial charge on any atom is 0.527 e. The lowest BCUT2D eigenvalue weighted by molar-refractivity contribution is -0.162. The van der Waals surface area contributed by atoms with Gasteiger partial charge in [0.25, 0.3) is 0 Å². The first-order valence-electron chi connectivity index (χ1n) is 4.22. The molecule has 11 heteroatoms. The number of phosphoric acid groups is 1. The van der Waals surface area contributed by atoms with E-state index in [1.54, 1.807) is 0 Å². The molecule has 0 saturated carbocycles. The molecule has 0 saturated heterocycles. The average Bonchev–Trinajstić information content (AvgIpc) is 2.22. The summed E-state index contributed by atoms with van der Waals surface area (Å²) in [5, 5.41) is 44.6. The molecule has 0 bridgehead atoms. The fraction of sp³-hybridized carbons (Fsp3) is 0.833.